The van der Waals surface area contributed by atoms with Gasteiger partial charge in [0.25, 0.3) is 0 Å². The van der Waals surface area contributed by atoms with Crippen LogP contribution >= 0.6 is 0 Å². The Morgan fingerprint density at radius 2 is 1.69 bits per heavy atom. The van der Waals surface area contributed by atoms with Crippen molar-refractivity contribution in [1.82, 2.24) is 20.5 Å². The molecular weight excluding hydrogens is 454 g/mol. The lowest BCUT2D eigenvalue weighted by molar-refractivity contribution is 0.190. The second-order valence-corrected chi connectivity index (χ2v) is 8.61. The molecule has 4 aromatic rings. The van der Waals surface area contributed by atoms with Crippen molar-refractivity contribution in [3.8, 4) is 5.75 Å². The Bertz CT molecular complexity index is 1240. The number of nitrogens with one attached hydrogen (secondary N) is 2. The van der Waals surface area contributed by atoms with Crippen LogP contribution in [0.2, 0.25) is 0 Å². The van der Waals surface area contributed by atoms with Crippen LogP contribution in [0, 0.1) is 13.8 Å². The van der Waals surface area contributed by atoms with E-state index in [-0.39, 0.29) is 12.0 Å². The third-order valence-corrected chi connectivity index (χ3v) is 5.61. The molecule has 0 aliphatic carbocycles. The highest BCUT2D eigenvalue weighted by Gasteiger charge is 2.15. The van der Waals surface area contributed by atoms with Crippen LogP contribution in [0.5, 0.6) is 5.75 Å². The molecule has 0 saturated carbocycles. The second kappa shape index (κ2) is 12.4. The number of carbonyl (C=O) groups is 1. The van der Waals surface area contributed by atoms with Crippen molar-refractivity contribution in [2.45, 2.75) is 33.2 Å². The van der Waals surface area contributed by atoms with Crippen LogP contribution in [0.15, 0.2) is 83.4 Å². The highest BCUT2D eigenvalue weighted by Crippen LogP contribution is 2.19. The Kier molecular flexibility index (Phi) is 8.53. The summed E-state index contributed by atoms with van der Waals surface area (Å²) in [5.41, 5.74) is 9.81. The molecule has 0 radical (unpaired) electrons. The molecule has 2 N–H and O–H groups in total. The molecule has 1 heterocycles. The topological polar surface area (TPSA) is 92.5 Å². The summed E-state index contributed by atoms with van der Waals surface area (Å²) >= 11 is 0. The molecule has 36 heavy (non-hydrogen) atoms. The molecule has 0 spiro atoms. The Morgan fingerprint density at radius 1 is 0.972 bits per heavy atom. The average molecular weight is 486 g/mol. The van der Waals surface area contributed by atoms with Gasteiger partial charge in [0.2, 0.25) is 0 Å². The summed E-state index contributed by atoms with van der Waals surface area (Å²) in [5.74, 6) is 1.40. The van der Waals surface area contributed by atoms with Crippen molar-refractivity contribution >= 4 is 12.0 Å². The maximum atomic E-state index is 13.0. The predicted molar refractivity (Wildman–Crippen MR) is 139 cm³/mol. The lowest BCUT2D eigenvalue weighted by atomic mass is 10.1. The van der Waals surface area contributed by atoms with Crippen molar-refractivity contribution in [3.63, 3.8) is 0 Å². The van der Waals surface area contributed by atoms with Gasteiger partial charge in [-0.15, -0.1) is 0 Å². The van der Waals surface area contributed by atoms with E-state index in [0.29, 0.717) is 38.4 Å². The van der Waals surface area contributed by atoms with Gasteiger partial charge < -0.3 is 14.2 Å². The maximum absolute atomic E-state index is 13.0. The number of aromatic nitrogens is 2. The summed E-state index contributed by atoms with van der Waals surface area (Å²) in [6.45, 7) is 5.56. The highest BCUT2D eigenvalue weighted by molar-refractivity contribution is 5.75. The molecule has 2 amide bonds. The van der Waals surface area contributed by atoms with E-state index < -0.39 is 0 Å². The number of benzene rings is 3. The summed E-state index contributed by atoms with van der Waals surface area (Å²) in [7, 11) is 0. The first-order valence-electron chi connectivity index (χ1n) is 12.0. The van der Waals surface area contributed by atoms with Gasteiger partial charge in [-0.25, -0.2) is 15.6 Å². The zero-order valence-corrected chi connectivity index (χ0v) is 20.6. The summed E-state index contributed by atoms with van der Waals surface area (Å²) < 4.78 is 11.2. The van der Waals surface area contributed by atoms with Crippen molar-refractivity contribution in [3.05, 3.63) is 107 Å². The van der Waals surface area contributed by atoms with E-state index in [9.17, 15) is 4.79 Å². The number of amides is 2. The largest absolute Gasteiger partial charge is 0.493 e. The van der Waals surface area contributed by atoms with Crippen LogP contribution in [0.1, 0.15) is 34.5 Å². The zero-order chi connectivity index (χ0) is 25.2. The van der Waals surface area contributed by atoms with E-state index >= 15 is 0 Å². The smallest absolute Gasteiger partial charge is 0.340 e. The summed E-state index contributed by atoms with van der Waals surface area (Å²) in [4.78, 5) is 19.0. The van der Waals surface area contributed by atoms with Crippen molar-refractivity contribution in [2.24, 2.45) is 0 Å². The first-order chi connectivity index (χ1) is 17.6. The standard InChI is InChI=1S/C28H31N5O3/c1-21-14-15-25(22(2)18-21)35-17-9-16-33(20-24-12-7-4-8-13-24)28(34)31-30-27-29-26(32-36-27)19-23-10-5-3-6-11-23/h3-8,10-15,18H,9,16-17,19-20H2,1-2H3,(H,31,34)(H,29,30,32). The van der Waals surface area contributed by atoms with E-state index in [1.165, 1.54) is 5.56 Å². The first kappa shape index (κ1) is 24.8. The van der Waals surface area contributed by atoms with E-state index in [1.54, 1.807) is 4.90 Å². The predicted octanol–water partition coefficient (Wildman–Crippen LogP) is 5.29. The minimum atomic E-state index is -0.298. The zero-order valence-electron chi connectivity index (χ0n) is 20.6. The van der Waals surface area contributed by atoms with E-state index in [1.807, 2.05) is 79.7 Å². The molecule has 0 saturated heterocycles. The van der Waals surface area contributed by atoms with Crippen molar-refractivity contribution in [2.75, 3.05) is 18.6 Å². The Labute approximate surface area is 211 Å². The van der Waals surface area contributed by atoms with Crippen LogP contribution in [-0.2, 0) is 13.0 Å². The number of carbonyl (C=O) groups excluding carboxylic acids is 1. The molecule has 186 valence electrons. The monoisotopic (exact) mass is 485 g/mol. The third-order valence-electron chi connectivity index (χ3n) is 5.61. The molecule has 0 bridgehead atoms. The highest BCUT2D eigenvalue weighted by atomic mass is 16.5. The fourth-order valence-electron chi connectivity index (χ4n) is 3.80. The number of rotatable bonds is 11. The normalized spacial score (nSPS) is 10.6. The van der Waals surface area contributed by atoms with Gasteiger partial charge in [-0.2, -0.15) is 4.98 Å². The van der Waals surface area contributed by atoms with Gasteiger partial charge in [-0.05, 0) is 43.0 Å². The number of nitrogens with zero attached hydrogens (tertiary/aromatic N) is 3. The van der Waals surface area contributed by atoms with Crippen LogP contribution in [-0.4, -0.2) is 34.2 Å². The molecule has 0 fully saturated rings. The van der Waals surface area contributed by atoms with Gasteiger partial charge in [0.15, 0.2) is 5.82 Å². The molecule has 1 aromatic heterocycles. The minimum Gasteiger partial charge on any atom is -0.493 e. The third kappa shape index (κ3) is 7.33. The fourth-order valence-corrected chi connectivity index (χ4v) is 3.80. The SMILES string of the molecule is Cc1ccc(OCCCN(Cc2ccccc2)C(=O)NNc2nc(Cc3ccccc3)no2)c(C)c1. The molecule has 4 rings (SSSR count). The summed E-state index contributed by atoms with van der Waals surface area (Å²) in [6.07, 6.45) is 1.22. The maximum Gasteiger partial charge on any atom is 0.340 e. The van der Waals surface area contributed by atoms with E-state index in [4.69, 9.17) is 9.26 Å². The van der Waals surface area contributed by atoms with Crippen LogP contribution < -0.4 is 15.6 Å². The van der Waals surface area contributed by atoms with Crippen LogP contribution in [0.4, 0.5) is 10.8 Å². The van der Waals surface area contributed by atoms with Gasteiger partial charge in [0.1, 0.15) is 5.75 Å². The number of aryl methyl sites for hydroxylation is 2. The van der Waals surface area contributed by atoms with Crippen LogP contribution in [0.25, 0.3) is 0 Å². The number of hydrazine groups is 1. The van der Waals surface area contributed by atoms with Crippen LogP contribution in [0.3, 0.4) is 0 Å². The number of hydrogen-bond acceptors (Lipinski definition) is 6. The molecule has 8 heteroatoms. The minimum absolute atomic E-state index is 0.132. The Morgan fingerprint density at radius 3 is 2.42 bits per heavy atom. The number of urea groups is 1. The van der Waals surface area contributed by atoms with Gasteiger partial charge in [-0.1, -0.05) is 83.5 Å². The summed E-state index contributed by atoms with van der Waals surface area (Å²) in [5, 5.41) is 3.97. The number of hydrogen-bond donors (Lipinski definition) is 2. The second-order valence-electron chi connectivity index (χ2n) is 8.61. The van der Waals surface area contributed by atoms with Gasteiger partial charge in [-0.3, -0.25) is 0 Å². The molecule has 8 nitrogen and oxygen atoms in total. The quantitative estimate of drug-likeness (QED) is 0.222. The average Bonchev–Trinajstić information content (AvgIpc) is 3.34. The lowest BCUT2D eigenvalue weighted by Crippen LogP contribution is -2.43. The van der Waals surface area contributed by atoms with Crippen molar-refractivity contribution in [1.29, 1.82) is 0 Å². The van der Waals surface area contributed by atoms with Gasteiger partial charge in [0.05, 0.1) is 6.61 Å². The molecule has 3 aromatic carbocycles. The number of ether oxygens (including phenoxy) is 1. The first-order valence-corrected chi connectivity index (χ1v) is 12.0. The van der Waals surface area contributed by atoms with Crippen molar-refractivity contribution < 1.29 is 14.1 Å². The van der Waals surface area contributed by atoms with E-state index in [0.717, 1.165) is 22.4 Å². The number of anilines is 1. The molecule has 0 aliphatic rings. The Balaban J connectivity index is 1.31. The summed E-state index contributed by atoms with van der Waals surface area (Å²) in [6, 6.07) is 25.7. The molecule has 0 aliphatic heterocycles. The Hall–Kier alpha value is -4.33. The fraction of sp³-hybridized carbons (Fsp3) is 0.250. The molecule has 0 unspecified atom stereocenters. The molecular formula is C28H31N5O3. The lowest BCUT2D eigenvalue weighted by Gasteiger charge is -2.23. The van der Waals surface area contributed by atoms with Gasteiger partial charge >= 0.3 is 12.0 Å². The van der Waals surface area contributed by atoms with E-state index in [2.05, 4.69) is 34.0 Å². The van der Waals surface area contributed by atoms with Gasteiger partial charge in [0, 0.05) is 19.5 Å². The molecule has 0 atom stereocenters.